The lowest BCUT2D eigenvalue weighted by atomic mass is 10.2. The standard InChI is InChI=1S/C15H22N2O3S2/c1-12-6-7-13(16-15(18)11-21-2)10-14(12)22(19,20)17-8-4-3-5-9-17/h6-7,10H,3-5,8-9,11H2,1-2H3,(H,16,18). The van der Waals surface area contributed by atoms with E-state index < -0.39 is 10.0 Å². The third-order valence-electron chi connectivity index (χ3n) is 3.68. The highest BCUT2D eigenvalue weighted by atomic mass is 32.2. The van der Waals surface area contributed by atoms with Gasteiger partial charge in [-0.3, -0.25) is 4.79 Å². The van der Waals surface area contributed by atoms with Crippen molar-refractivity contribution in [3.63, 3.8) is 0 Å². The van der Waals surface area contributed by atoms with E-state index in [0.29, 0.717) is 30.1 Å². The first-order chi connectivity index (χ1) is 10.4. The molecule has 1 saturated heterocycles. The van der Waals surface area contributed by atoms with Crippen LogP contribution in [-0.4, -0.2) is 43.7 Å². The molecule has 0 aliphatic carbocycles. The molecule has 1 aliphatic heterocycles. The topological polar surface area (TPSA) is 66.5 Å². The fraction of sp³-hybridized carbons (Fsp3) is 0.533. The highest BCUT2D eigenvalue weighted by molar-refractivity contribution is 7.99. The number of nitrogens with zero attached hydrogens (tertiary/aromatic N) is 1. The Labute approximate surface area is 136 Å². The Kier molecular flexibility index (Phi) is 5.88. The normalized spacial score (nSPS) is 16.5. The predicted octanol–water partition coefficient (Wildman–Crippen LogP) is 2.47. The van der Waals surface area contributed by atoms with E-state index in [1.54, 1.807) is 29.4 Å². The molecule has 0 aromatic heterocycles. The van der Waals surface area contributed by atoms with Crippen LogP contribution in [0.4, 0.5) is 5.69 Å². The van der Waals surface area contributed by atoms with Crippen molar-refractivity contribution in [1.29, 1.82) is 0 Å². The molecule has 1 N–H and O–H groups in total. The third kappa shape index (κ3) is 4.02. The van der Waals surface area contributed by atoms with Gasteiger partial charge in [0.25, 0.3) is 0 Å². The molecular formula is C15H22N2O3S2. The first kappa shape index (κ1) is 17.3. The highest BCUT2D eigenvalue weighted by Gasteiger charge is 2.27. The van der Waals surface area contributed by atoms with Crippen LogP contribution in [0.5, 0.6) is 0 Å². The Bertz CT molecular complexity index is 638. The van der Waals surface area contributed by atoms with Crippen molar-refractivity contribution in [2.45, 2.75) is 31.1 Å². The number of nitrogens with one attached hydrogen (secondary N) is 1. The second kappa shape index (κ2) is 7.48. The smallest absolute Gasteiger partial charge is 0.243 e. The SMILES string of the molecule is CSCC(=O)Nc1ccc(C)c(S(=O)(=O)N2CCCCC2)c1. The van der Waals surface area contributed by atoms with E-state index in [0.717, 1.165) is 19.3 Å². The number of hydrogen-bond acceptors (Lipinski definition) is 4. The number of thioether (sulfide) groups is 1. The molecule has 1 amide bonds. The van der Waals surface area contributed by atoms with Gasteiger partial charge in [0.2, 0.25) is 15.9 Å². The van der Waals surface area contributed by atoms with Gasteiger partial charge in [-0.25, -0.2) is 8.42 Å². The molecule has 1 aromatic carbocycles. The van der Waals surface area contributed by atoms with Crippen molar-refractivity contribution in [3.8, 4) is 0 Å². The maximum absolute atomic E-state index is 12.8. The zero-order valence-electron chi connectivity index (χ0n) is 13.0. The van der Waals surface area contributed by atoms with E-state index in [1.165, 1.54) is 11.8 Å². The summed E-state index contributed by atoms with van der Waals surface area (Å²) in [7, 11) is -3.49. The van der Waals surface area contributed by atoms with E-state index in [2.05, 4.69) is 5.32 Å². The van der Waals surface area contributed by atoms with Gasteiger partial charge in [-0.05, 0) is 43.7 Å². The maximum Gasteiger partial charge on any atom is 0.243 e. The molecule has 0 atom stereocenters. The molecule has 22 heavy (non-hydrogen) atoms. The minimum atomic E-state index is -3.49. The van der Waals surface area contributed by atoms with E-state index in [1.807, 2.05) is 6.26 Å². The van der Waals surface area contributed by atoms with Gasteiger partial charge in [-0.15, -0.1) is 0 Å². The number of carbonyl (C=O) groups excluding carboxylic acids is 1. The molecule has 7 heteroatoms. The van der Waals surface area contributed by atoms with Crippen LogP contribution in [0.3, 0.4) is 0 Å². The maximum atomic E-state index is 12.8. The van der Waals surface area contributed by atoms with Crippen molar-refractivity contribution in [1.82, 2.24) is 4.31 Å². The van der Waals surface area contributed by atoms with Crippen LogP contribution in [-0.2, 0) is 14.8 Å². The number of anilines is 1. The van der Waals surface area contributed by atoms with Crippen molar-refractivity contribution in [2.75, 3.05) is 30.4 Å². The largest absolute Gasteiger partial charge is 0.325 e. The van der Waals surface area contributed by atoms with Gasteiger partial charge >= 0.3 is 0 Å². The summed E-state index contributed by atoms with van der Waals surface area (Å²) in [4.78, 5) is 12.0. The number of hydrogen-bond donors (Lipinski definition) is 1. The second-order valence-electron chi connectivity index (χ2n) is 5.43. The molecule has 1 aliphatic rings. The average molecular weight is 342 g/mol. The number of sulfonamides is 1. The fourth-order valence-electron chi connectivity index (χ4n) is 2.53. The average Bonchev–Trinajstić information content (AvgIpc) is 2.50. The highest BCUT2D eigenvalue weighted by Crippen LogP contribution is 2.26. The Morgan fingerprint density at radius 1 is 1.27 bits per heavy atom. The monoisotopic (exact) mass is 342 g/mol. The fourth-order valence-corrected chi connectivity index (χ4v) is 4.63. The zero-order valence-corrected chi connectivity index (χ0v) is 14.6. The Hall–Kier alpha value is -1.05. The lowest BCUT2D eigenvalue weighted by molar-refractivity contribution is -0.113. The van der Waals surface area contributed by atoms with E-state index in [-0.39, 0.29) is 10.8 Å². The van der Waals surface area contributed by atoms with Gasteiger partial charge < -0.3 is 5.32 Å². The number of benzene rings is 1. The quantitative estimate of drug-likeness (QED) is 0.893. The molecule has 122 valence electrons. The summed E-state index contributed by atoms with van der Waals surface area (Å²) in [6, 6.07) is 5.05. The summed E-state index contributed by atoms with van der Waals surface area (Å²) >= 11 is 1.43. The molecular weight excluding hydrogens is 320 g/mol. The van der Waals surface area contributed by atoms with Gasteiger partial charge in [0, 0.05) is 18.8 Å². The van der Waals surface area contributed by atoms with E-state index in [9.17, 15) is 13.2 Å². The molecule has 5 nitrogen and oxygen atoms in total. The van der Waals surface area contributed by atoms with Gasteiger partial charge in [-0.2, -0.15) is 16.1 Å². The molecule has 0 saturated carbocycles. The molecule has 0 bridgehead atoms. The van der Waals surface area contributed by atoms with Crippen LogP contribution in [0.1, 0.15) is 24.8 Å². The number of amides is 1. The number of rotatable bonds is 5. The second-order valence-corrected chi connectivity index (χ2v) is 8.20. The van der Waals surface area contributed by atoms with Crippen LogP contribution < -0.4 is 5.32 Å². The summed E-state index contributed by atoms with van der Waals surface area (Å²) in [5.41, 5.74) is 1.23. The van der Waals surface area contributed by atoms with Crippen LogP contribution in [0, 0.1) is 6.92 Å². The Morgan fingerprint density at radius 2 is 1.95 bits per heavy atom. The van der Waals surface area contributed by atoms with Crippen LogP contribution >= 0.6 is 11.8 Å². The summed E-state index contributed by atoms with van der Waals surface area (Å²) in [5, 5.41) is 2.74. The summed E-state index contributed by atoms with van der Waals surface area (Å²) < 4.78 is 27.1. The molecule has 1 aromatic rings. The first-order valence-electron chi connectivity index (χ1n) is 7.35. The lowest BCUT2D eigenvalue weighted by Gasteiger charge is -2.26. The molecule has 0 radical (unpaired) electrons. The van der Waals surface area contributed by atoms with Crippen LogP contribution in [0.15, 0.2) is 23.1 Å². The van der Waals surface area contributed by atoms with Crippen molar-refractivity contribution in [3.05, 3.63) is 23.8 Å². The van der Waals surface area contributed by atoms with Gasteiger partial charge in [0.15, 0.2) is 0 Å². The number of carbonyl (C=O) groups is 1. The number of aryl methyl sites for hydroxylation is 1. The van der Waals surface area contributed by atoms with Crippen molar-refractivity contribution < 1.29 is 13.2 Å². The van der Waals surface area contributed by atoms with Crippen molar-refractivity contribution in [2.24, 2.45) is 0 Å². The summed E-state index contributed by atoms with van der Waals surface area (Å²) in [6.45, 7) is 2.93. The third-order valence-corrected chi connectivity index (χ3v) is 6.27. The minimum Gasteiger partial charge on any atom is -0.325 e. The van der Waals surface area contributed by atoms with Crippen LogP contribution in [0.25, 0.3) is 0 Å². The predicted molar refractivity (Wildman–Crippen MR) is 90.8 cm³/mol. The minimum absolute atomic E-state index is 0.127. The van der Waals surface area contributed by atoms with Crippen molar-refractivity contribution >= 4 is 33.4 Å². The molecule has 2 rings (SSSR count). The molecule has 1 heterocycles. The Balaban J connectivity index is 2.27. The summed E-state index contributed by atoms with van der Waals surface area (Å²) in [6.07, 6.45) is 4.74. The number of piperidine rings is 1. The molecule has 1 fully saturated rings. The first-order valence-corrected chi connectivity index (χ1v) is 10.2. The molecule has 0 unspecified atom stereocenters. The van der Waals surface area contributed by atoms with Gasteiger partial charge in [0.05, 0.1) is 10.6 Å². The lowest BCUT2D eigenvalue weighted by Crippen LogP contribution is -2.36. The summed E-state index contributed by atoms with van der Waals surface area (Å²) in [5.74, 6) is 0.222. The van der Waals surface area contributed by atoms with Gasteiger partial charge in [-0.1, -0.05) is 12.5 Å². The zero-order chi connectivity index (χ0) is 16.2. The molecule has 0 spiro atoms. The van der Waals surface area contributed by atoms with Crippen LogP contribution in [0.2, 0.25) is 0 Å². The van der Waals surface area contributed by atoms with E-state index >= 15 is 0 Å². The van der Waals surface area contributed by atoms with E-state index in [4.69, 9.17) is 0 Å². The van der Waals surface area contributed by atoms with Gasteiger partial charge in [0.1, 0.15) is 0 Å². The Morgan fingerprint density at radius 3 is 2.59 bits per heavy atom.